The highest BCUT2D eigenvalue weighted by Gasteiger charge is 2.31. The largest absolute Gasteiger partial charge is 0.489 e. The molecule has 2 rings (SSSR count). The van der Waals surface area contributed by atoms with E-state index in [1.165, 1.54) is 12.1 Å². The third kappa shape index (κ3) is 3.06. The molecule has 1 aromatic rings. The predicted octanol–water partition coefficient (Wildman–Crippen LogP) is 2.98. The van der Waals surface area contributed by atoms with Crippen LogP contribution in [0.5, 0.6) is 5.75 Å². The molecule has 4 heteroatoms. The number of hydrogen-bond donors (Lipinski definition) is 0. The number of benzene rings is 1. The molecule has 0 fully saturated rings. The van der Waals surface area contributed by atoms with Crippen LogP contribution in [-0.4, -0.2) is 23.5 Å². The maximum absolute atomic E-state index is 13.3. The molecule has 104 valence electrons. The second kappa shape index (κ2) is 4.83. The number of carbonyl (C=O) groups excluding carboxylic acids is 1. The molecule has 1 aromatic carbocycles. The van der Waals surface area contributed by atoms with Crippen molar-refractivity contribution in [3.8, 4) is 5.75 Å². The Kier molecular flexibility index (Phi) is 3.52. The number of nitrogens with zero attached hydrogens (tertiary/aromatic N) is 1. The van der Waals surface area contributed by atoms with Gasteiger partial charge in [0.1, 0.15) is 17.7 Å². The van der Waals surface area contributed by atoms with Crippen LogP contribution in [0.2, 0.25) is 0 Å². The Hall–Kier alpha value is -1.58. The highest BCUT2D eigenvalue weighted by Crippen LogP contribution is 2.28. The molecule has 1 aliphatic heterocycles. The average Bonchev–Trinajstić information content (AvgIpc) is 2.44. The van der Waals surface area contributed by atoms with Gasteiger partial charge in [0.2, 0.25) is 5.91 Å². The van der Waals surface area contributed by atoms with E-state index in [9.17, 15) is 9.18 Å². The summed E-state index contributed by atoms with van der Waals surface area (Å²) < 4.78 is 19.1. The van der Waals surface area contributed by atoms with Crippen molar-refractivity contribution in [2.45, 2.75) is 40.3 Å². The molecule has 0 bridgehead atoms. The monoisotopic (exact) mass is 265 g/mol. The van der Waals surface area contributed by atoms with E-state index in [-0.39, 0.29) is 17.8 Å². The van der Waals surface area contributed by atoms with Gasteiger partial charge in [-0.25, -0.2) is 4.39 Å². The van der Waals surface area contributed by atoms with Crippen molar-refractivity contribution in [2.75, 3.05) is 6.54 Å². The van der Waals surface area contributed by atoms with Gasteiger partial charge in [0.15, 0.2) is 0 Å². The fourth-order valence-corrected chi connectivity index (χ4v) is 2.25. The molecule has 0 N–H and O–H groups in total. The number of fused-ring (bicyclic) bond motifs is 1. The number of hydrogen-bond acceptors (Lipinski definition) is 2. The van der Waals surface area contributed by atoms with Crippen LogP contribution in [0.4, 0.5) is 4.39 Å². The Morgan fingerprint density at radius 3 is 2.74 bits per heavy atom. The quantitative estimate of drug-likeness (QED) is 0.721. The topological polar surface area (TPSA) is 29.5 Å². The molecule has 0 aliphatic carbocycles. The van der Waals surface area contributed by atoms with Gasteiger partial charge in [0, 0.05) is 17.5 Å². The van der Waals surface area contributed by atoms with Crippen molar-refractivity contribution in [3.05, 3.63) is 29.6 Å². The third-order valence-electron chi connectivity index (χ3n) is 3.12. The van der Waals surface area contributed by atoms with Crippen LogP contribution >= 0.6 is 0 Å². The van der Waals surface area contributed by atoms with Crippen LogP contribution in [0.15, 0.2) is 18.2 Å². The minimum Gasteiger partial charge on any atom is -0.489 e. The van der Waals surface area contributed by atoms with Gasteiger partial charge in [-0.2, -0.15) is 0 Å². The van der Waals surface area contributed by atoms with E-state index < -0.39 is 5.41 Å². The van der Waals surface area contributed by atoms with Crippen molar-refractivity contribution < 1.29 is 13.9 Å². The average molecular weight is 265 g/mol. The zero-order valence-corrected chi connectivity index (χ0v) is 11.9. The lowest BCUT2D eigenvalue weighted by molar-refractivity contribution is -0.140. The van der Waals surface area contributed by atoms with Gasteiger partial charge in [0.25, 0.3) is 0 Å². The molecule has 1 atom stereocenters. The number of carbonyl (C=O) groups is 1. The minimum atomic E-state index is -0.447. The van der Waals surface area contributed by atoms with E-state index in [1.807, 2.05) is 27.7 Å². The fourth-order valence-electron chi connectivity index (χ4n) is 2.25. The highest BCUT2D eigenvalue weighted by molar-refractivity contribution is 5.81. The fraction of sp³-hybridized carbons (Fsp3) is 0.533. The summed E-state index contributed by atoms with van der Waals surface area (Å²) >= 11 is 0. The number of halogens is 1. The molecule has 0 aromatic heterocycles. The summed E-state index contributed by atoms with van der Waals surface area (Å²) in [7, 11) is 0. The molecule has 0 saturated heterocycles. The summed E-state index contributed by atoms with van der Waals surface area (Å²) in [6.45, 7) is 8.50. The summed E-state index contributed by atoms with van der Waals surface area (Å²) in [6, 6.07) is 4.45. The van der Waals surface area contributed by atoms with Crippen LogP contribution < -0.4 is 4.74 Å². The molecule has 19 heavy (non-hydrogen) atoms. The molecular weight excluding hydrogens is 245 g/mol. The first-order chi connectivity index (χ1) is 8.77. The van der Waals surface area contributed by atoms with E-state index in [0.717, 1.165) is 5.56 Å². The molecule has 1 heterocycles. The summed E-state index contributed by atoms with van der Waals surface area (Å²) in [5, 5.41) is 0. The van der Waals surface area contributed by atoms with Gasteiger partial charge in [-0.15, -0.1) is 0 Å². The Balaban J connectivity index is 2.32. The van der Waals surface area contributed by atoms with Crippen LogP contribution in [0, 0.1) is 11.2 Å². The van der Waals surface area contributed by atoms with Crippen molar-refractivity contribution >= 4 is 5.91 Å². The van der Waals surface area contributed by atoms with E-state index in [2.05, 4.69) is 0 Å². The van der Waals surface area contributed by atoms with E-state index >= 15 is 0 Å². The maximum atomic E-state index is 13.3. The standard InChI is InChI=1S/C15H20FNO2/c1-10-8-17(14(18)15(2,3)4)9-11-7-12(16)5-6-13(11)19-10/h5-7,10H,8-9H2,1-4H3/t10-/m0/s1. The zero-order chi connectivity index (χ0) is 14.2. The highest BCUT2D eigenvalue weighted by atomic mass is 19.1. The molecule has 1 amide bonds. The molecule has 0 unspecified atom stereocenters. The first-order valence-electron chi connectivity index (χ1n) is 6.52. The lowest BCUT2D eigenvalue weighted by Crippen LogP contribution is -2.42. The van der Waals surface area contributed by atoms with Gasteiger partial charge in [-0.3, -0.25) is 4.79 Å². The Bertz CT molecular complexity index is 493. The van der Waals surface area contributed by atoms with Crippen molar-refractivity contribution in [1.29, 1.82) is 0 Å². The Labute approximate surface area is 113 Å². The number of ether oxygens (including phenoxy) is 1. The van der Waals surface area contributed by atoms with Crippen LogP contribution in [-0.2, 0) is 11.3 Å². The van der Waals surface area contributed by atoms with Gasteiger partial charge in [-0.05, 0) is 25.1 Å². The van der Waals surface area contributed by atoms with Crippen LogP contribution in [0.3, 0.4) is 0 Å². The smallest absolute Gasteiger partial charge is 0.228 e. The van der Waals surface area contributed by atoms with E-state index in [0.29, 0.717) is 18.8 Å². The van der Waals surface area contributed by atoms with Gasteiger partial charge in [-0.1, -0.05) is 20.8 Å². The molecular formula is C15H20FNO2. The van der Waals surface area contributed by atoms with E-state index in [4.69, 9.17) is 4.74 Å². The SMILES string of the molecule is C[C@H]1CN(C(=O)C(C)(C)C)Cc2cc(F)ccc2O1. The number of amides is 1. The normalized spacial score (nSPS) is 19.4. The Morgan fingerprint density at radius 2 is 2.11 bits per heavy atom. The van der Waals surface area contributed by atoms with Crippen molar-refractivity contribution in [1.82, 2.24) is 4.90 Å². The second-order valence-electron chi connectivity index (χ2n) is 6.12. The predicted molar refractivity (Wildman–Crippen MR) is 71.4 cm³/mol. The first-order valence-corrected chi connectivity index (χ1v) is 6.52. The Morgan fingerprint density at radius 1 is 1.42 bits per heavy atom. The van der Waals surface area contributed by atoms with Crippen molar-refractivity contribution in [2.24, 2.45) is 5.41 Å². The van der Waals surface area contributed by atoms with Crippen molar-refractivity contribution in [3.63, 3.8) is 0 Å². The third-order valence-corrected chi connectivity index (χ3v) is 3.12. The van der Waals surface area contributed by atoms with Gasteiger partial charge >= 0.3 is 0 Å². The van der Waals surface area contributed by atoms with Gasteiger partial charge < -0.3 is 9.64 Å². The molecule has 0 saturated carbocycles. The summed E-state index contributed by atoms with van der Waals surface area (Å²) in [5.41, 5.74) is 0.277. The number of rotatable bonds is 0. The zero-order valence-electron chi connectivity index (χ0n) is 11.9. The molecule has 3 nitrogen and oxygen atoms in total. The summed E-state index contributed by atoms with van der Waals surface area (Å²) in [6.07, 6.45) is -0.0991. The van der Waals surface area contributed by atoms with E-state index in [1.54, 1.807) is 11.0 Å². The first kappa shape index (κ1) is 13.8. The summed E-state index contributed by atoms with van der Waals surface area (Å²) in [4.78, 5) is 14.1. The lowest BCUT2D eigenvalue weighted by atomic mass is 9.94. The van der Waals surface area contributed by atoms with Gasteiger partial charge in [0.05, 0.1) is 6.54 Å². The summed E-state index contributed by atoms with van der Waals surface area (Å²) in [5.74, 6) is 0.415. The second-order valence-corrected chi connectivity index (χ2v) is 6.12. The molecule has 0 spiro atoms. The van der Waals surface area contributed by atoms with Crippen LogP contribution in [0.1, 0.15) is 33.3 Å². The molecule has 1 aliphatic rings. The van der Waals surface area contributed by atoms with Crippen LogP contribution in [0.25, 0.3) is 0 Å². The minimum absolute atomic E-state index is 0.0556. The maximum Gasteiger partial charge on any atom is 0.228 e. The molecule has 0 radical (unpaired) electrons. The lowest BCUT2D eigenvalue weighted by Gasteiger charge is -2.29.